The number of rotatable bonds is 10. The lowest BCUT2D eigenvalue weighted by molar-refractivity contribution is -0.143. The molecule has 0 spiro atoms. The fraction of sp³-hybridized carbons (Fsp3) is 0.552. The van der Waals surface area contributed by atoms with Crippen LogP contribution in [0.1, 0.15) is 65.6 Å². The minimum atomic E-state index is -5.08. The largest absolute Gasteiger partial charge is 0.416 e. The standard InChI is InChI=1S/C29H33F9N6O/c1-4-25(43-9-5-6-18(14-43)17-45-3)24-8-7-21(27(30,31)32)12-20(24)16-44(26-39-41-42(2)40-26)15-19-10-22(28(33,34)35)13-23(11-19)29(36,37)38/h7-8,10-13,18,25H,4-6,9,14-17H2,1-3H3. The molecule has 1 aliphatic heterocycles. The fourth-order valence-corrected chi connectivity index (χ4v) is 5.81. The van der Waals surface area contributed by atoms with Gasteiger partial charge in [0.2, 0.25) is 0 Å². The van der Waals surface area contributed by atoms with Gasteiger partial charge in [0.1, 0.15) is 0 Å². The van der Waals surface area contributed by atoms with E-state index >= 15 is 0 Å². The molecule has 2 heterocycles. The molecule has 0 aliphatic carbocycles. The first-order valence-corrected chi connectivity index (χ1v) is 14.2. The number of benzene rings is 2. The van der Waals surface area contributed by atoms with Crippen molar-refractivity contribution in [3.63, 3.8) is 0 Å². The van der Waals surface area contributed by atoms with Crippen LogP contribution in [0.4, 0.5) is 45.5 Å². The first-order chi connectivity index (χ1) is 21.0. The number of anilines is 1. The van der Waals surface area contributed by atoms with Crippen molar-refractivity contribution in [2.24, 2.45) is 13.0 Å². The molecular weight excluding hydrogens is 619 g/mol. The highest BCUT2D eigenvalue weighted by atomic mass is 19.4. The number of methoxy groups -OCH3 is 1. The first-order valence-electron chi connectivity index (χ1n) is 14.2. The van der Waals surface area contributed by atoms with Crippen molar-refractivity contribution < 1.29 is 44.3 Å². The number of likely N-dealkylation sites (tertiary alicyclic amines) is 1. The second-order valence-corrected chi connectivity index (χ2v) is 11.1. The number of tetrazole rings is 1. The number of hydrogen-bond donors (Lipinski definition) is 0. The number of nitrogens with zero attached hydrogens (tertiary/aromatic N) is 6. The summed E-state index contributed by atoms with van der Waals surface area (Å²) in [5.74, 6) is 0.0396. The van der Waals surface area contributed by atoms with E-state index in [0.717, 1.165) is 29.8 Å². The molecule has 2 unspecified atom stereocenters. The Kier molecular flexibility index (Phi) is 10.4. The Morgan fingerprint density at radius 2 is 1.56 bits per heavy atom. The molecule has 0 bridgehead atoms. The van der Waals surface area contributed by atoms with E-state index < -0.39 is 41.8 Å². The molecule has 0 saturated carbocycles. The lowest BCUT2D eigenvalue weighted by atomic mass is 9.91. The van der Waals surface area contributed by atoms with Gasteiger partial charge in [0.05, 0.1) is 30.3 Å². The second-order valence-electron chi connectivity index (χ2n) is 11.1. The summed E-state index contributed by atoms with van der Waals surface area (Å²) in [6.45, 7) is 2.83. The molecular formula is C29H33F9N6O. The molecule has 16 heteroatoms. The predicted molar refractivity (Wildman–Crippen MR) is 146 cm³/mol. The van der Waals surface area contributed by atoms with Gasteiger partial charge in [0.15, 0.2) is 0 Å². The van der Waals surface area contributed by atoms with Crippen molar-refractivity contribution in [2.45, 2.75) is 63.8 Å². The molecule has 3 aromatic rings. The Hall–Kier alpha value is -3.40. The molecule has 0 N–H and O–H groups in total. The van der Waals surface area contributed by atoms with Gasteiger partial charge in [-0.05, 0) is 84.0 Å². The van der Waals surface area contributed by atoms with E-state index in [0.29, 0.717) is 43.8 Å². The quantitative estimate of drug-likeness (QED) is 0.215. The minimum absolute atomic E-state index is 0.0145. The van der Waals surface area contributed by atoms with Crippen LogP contribution in [0, 0.1) is 5.92 Å². The van der Waals surface area contributed by atoms with Gasteiger partial charge in [0.25, 0.3) is 5.95 Å². The van der Waals surface area contributed by atoms with Gasteiger partial charge < -0.3 is 9.64 Å². The molecule has 4 rings (SSSR count). The summed E-state index contributed by atoms with van der Waals surface area (Å²) in [6.07, 6.45) is -12.5. The van der Waals surface area contributed by atoms with Crippen molar-refractivity contribution in [1.82, 2.24) is 25.1 Å². The Morgan fingerprint density at radius 3 is 2.09 bits per heavy atom. The molecule has 1 aliphatic rings. The number of aryl methyl sites for hydroxylation is 1. The van der Waals surface area contributed by atoms with Gasteiger partial charge in [-0.1, -0.05) is 18.1 Å². The summed E-state index contributed by atoms with van der Waals surface area (Å²) < 4.78 is 129. The number of hydrogen-bond acceptors (Lipinski definition) is 6. The lowest BCUT2D eigenvalue weighted by Gasteiger charge is -2.39. The first kappa shape index (κ1) is 34.5. The van der Waals surface area contributed by atoms with Gasteiger partial charge in [-0.25, -0.2) is 0 Å². The summed E-state index contributed by atoms with van der Waals surface area (Å²) in [5.41, 5.74) is -3.62. The van der Waals surface area contributed by atoms with Gasteiger partial charge in [-0.15, -0.1) is 5.10 Å². The Morgan fingerprint density at radius 1 is 0.911 bits per heavy atom. The molecule has 2 aromatic carbocycles. The Bertz CT molecular complexity index is 1400. The maximum Gasteiger partial charge on any atom is 0.416 e. The van der Waals surface area contributed by atoms with Crippen LogP contribution in [0.5, 0.6) is 0 Å². The molecule has 1 fully saturated rings. The van der Waals surface area contributed by atoms with Crippen LogP contribution in [0.25, 0.3) is 0 Å². The van der Waals surface area contributed by atoms with Crippen LogP contribution in [0.2, 0.25) is 0 Å². The second kappa shape index (κ2) is 13.5. The third-order valence-electron chi connectivity index (χ3n) is 7.77. The Balaban J connectivity index is 1.80. The van der Waals surface area contributed by atoms with Gasteiger partial charge in [-0.2, -0.15) is 44.3 Å². The summed E-state index contributed by atoms with van der Waals surface area (Å²) in [4.78, 5) is 4.42. The number of ether oxygens (including phenoxy) is 1. The van der Waals surface area contributed by atoms with E-state index in [1.807, 2.05) is 6.92 Å². The molecule has 1 saturated heterocycles. The SMILES string of the molecule is CCC(c1ccc(C(F)(F)F)cc1CN(Cc1cc(C(F)(F)F)cc(C(F)(F)F)c1)c1nnn(C)n1)N1CCCC(COC)C1. The predicted octanol–water partition coefficient (Wildman–Crippen LogP) is 7.28. The average Bonchev–Trinajstić information content (AvgIpc) is 3.39. The average molecular weight is 653 g/mol. The van der Waals surface area contributed by atoms with E-state index in [4.69, 9.17) is 4.74 Å². The summed E-state index contributed by atoms with van der Waals surface area (Å²) in [6, 6.07) is 4.18. The monoisotopic (exact) mass is 652 g/mol. The van der Waals surface area contributed by atoms with Crippen LogP contribution in [-0.4, -0.2) is 51.9 Å². The van der Waals surface area contributed by atoms with E-state index in [1.165, 1.54) is 18.0 Å². The van der Waals surface area contributed by atoms with Crippen molar-refractivity contribution in [3.05, 3.63) is 69.8 Å². The van der Waals surface area contributed by atoms with Crippen LogP contribution in [0.3, 0.4) is 0 Å². The van der Waals surface area contributed by atoms with Crippen molar-refractivity contribution >= 4 is 5.95 Å². The highest BCUT2D eigenvalue weighted by molar-refractivity contribution is 5.42. The zero-order chi connectivity index (χ0) is 33.2. The number of piperidine rings is 1. The van der Waals surface area contributed by atoms with E-state index in [-0.39, 0.29) is 41.6 Å². The normalized spacial score (nSPS) is 17.5. The molecule has 1 aromatic heterocycles. The highest BCUT2D eigenvalue weighted by Crippen LogP contribution is 2.39. The fourth-order valence-electron chi connectivity index (χ4n) is 5.81. The number of halogens is 9. The van der Waals surface area contributed by atoms with Crippen LogP contribution in [-0.2, 0) is 43.4 Å². The third-order valence-corrected chi connectivity index (χ3v) is 7.77. The number of alkyl halides is 9. The Labute approximate surface area is 253 Å². The zero-order valence-electron chi connectivity index (χ0n) is 24.8. The van der Waals surface area contributed by atoms with E-state index in [1.54, 1.807) is 7.11 Å². The zero-order valence-corrected chi connectivity index (χ0v) is 24.8. The van der Waals surface area contributed by atoms with Crippen LogP contribution >= 0.6 is 0 Å². The molecule has 0 amide bonds. The van der Waals surface area contributed by atoms with E-state index in [2.05, 4.69) is 20.3 Å². The van der Waals surface area contributed by atoms with Gasteiger partial charge in [0, 0.05) is 32.8 Å². The van der Waals surface area contributed by atoms with Crippen molar-refractivity contribution in [1.29, 1.82) is 0 Å². The summed E-state index contributed by atoms with van der Waals surface area (Å²) in [7, 11) is 3.00. The molecule has 248 valence electrons. The molecule has 2 atom stereocenters. The molecule has 7 nitrogen and oxygen atoms in total. The van der Waals surface area contributed by atoms with Gasteiger partial charge >= 0.3 is 18.5 Å². The van der Waals surface area contributed by atoms with Crippen LogP contribution < -0.4 is 4.90 Å². The number of aromatic nitrogens is 4. The molecule has 45 heavy (non-hydrogen) atoms. The topological polar surface area (TPSA) is 59.3 Å². The van der Waals surface area contributed by atoms with E-state index in [9.17, 15) is 39.5 Å². The third kappa shape index (κ3) is 8.66. The smallest absolute Gasteiger partial charge is 0.384 e. The summed E-state index contributed by atoms with van der Waals surface area (Å²) in [5, 5.41) is 11.7. The van der Waals surface area contributed by atoms with Gasteiger partial charge in [-0.3, -0.25) is 4.90 Å². The van der Waals surface area contributed by atoms with Crippen molar-refractivity contribution in [2.75, 3.05) is 31.7 Å². The van der Waals surface area contributed by atoms with Crippen molar-refractivity contribution in [3.8, 4) is 0 Å². The maximum absolute atomic E-state index is 13.9. The van der Waals surface area contributed by atoms with Crippen LogP contribution in [0.15, 0.2) is 36.4 Å². The summed E-state index contributed by atoms with van der Waals surface area (Å²) >= 11 is 0. The minimum Gasteiger partial charge on any atom is -0.384 e. The highest BCUT2D eigenvalue weighted by Gasteiger charge is 2.38. The molecule has 0 radical (unpaired) electrons. The lowest BCUT2D eigenvalue weighted by Crippen LogP contribution is -2.40. The maximum atomic E-state index is 13.9.